The summed E-state index contributed by atoms with van der Waals surface area (Å²) >= 11 is 0. The van der Waals surface area contributed by atoms with Crippen LogP contribution in [0.3, 0.4) is 0 Å². The molecule has 2 bridgehead atoms. The molecule has 0 aliphatic heterocycles. The predicted octanol–water partition coefficient (Wildman–Crippen LogP) is 3.99. The second kappa shape index (κ2) is 4.69. The third-order valence-corrected chi connectivity index (χ3v) is 6.04. The molecule has 4 aliphatic rings. The fourth-order valence-electron chi connectivity index (χ4n) is 4.64. The van der Waals surface area contributed by atoms with Crippen LogP contribution in [-0.4, -0.2) is 14.5 Å². The van der Waals surface area contributed by atoms with E-state index in [1.54, 1.807) is 5.57 Å². The Morgan fingerprint density at radius 2 is 2.18 bits per heavy atom. The molecule has 2 fully saturated rings. The summed E-state index contributed by atoms with van der Waals surface area (Å²) in [6.07, 6.45) is 15.2. The van der Waals surface area contributed by atoms with Crippen molar-refractivity contribution in [3.8, 4) is 0 Å². The van der Waals surface area contributed by atoms with Gasteiger partial charge in [-0.25, -0.2) is 4.98 Å². The fourth-order valence-corrected chi connectivity index (χ4v) is 4.64. The molecule has 2 heterocycles. The molecule has 22 heavy (non-hydrogen) atoms. The van der Waals surface area contributed by atoms with E-state index in [1.807, 2.05) is 12.5 Å². The number of aromatic nitrogens is 2. The van der Waals surface area contributed by atoms with Gasteiger partial charge in [0.25, 0.3) is 0 Å². The number of nitrogens with zero attached hydrogens (tertiary/aromatic N) is 2. The van der Waals surface area contributed by atoms with Gasteiger partial charge in [-0.05, 0) is 67.9 Å². The second-order valence-corrected chi connectivity index (χ2v) is 7.35. The van der Waals surface area contributed by atoms with Crippen molar-refractivity contribution in [1.82, 2.24) is 9.38 Å². The molecule has 3 heteroatoms. The van der Waals surface area contributed by atoms with Crippen LogP contribution in [0.25, 0.3) is 5.52 Å². The van der Waals surface area contributed by atoms with Crippen LogP contribution in [0.2, 0.25) is 0 Å². The molecule has 2 aromatic rings. The minimum absolute atomic E-state index is 0.343. The van der Waals surface area contributed by atoms with E-state index in [1.165, 1.54) is 36.8 Å². The summed E-state index contributed by atoms with van der Waals surface area (Å²) in [7, 11) is 0. The van der Waals surface area contributed by atoms with E-state index in [4.69, 9.17) is 0 Å². The Bertz CT molecular complexity index is 756. The maximum absolute atomic E-state index is 11.3. The van der Waals surface area contributed by atoms with Crippen molar-refractivity contribution in [1.29, 1.82) is 0 Å². The number of hydrogen-bond acceptors (Lipinski definition) is 2. The van der Waals surface area contributed by atoms with Crippen LogP contribution in [-0.2, 0) is 0 Å². The highest BCUT2D eigenvalue weighted by Crippen LogP contribution is 2.50. The molecular weight excluding hydrogens is 272 g/mol. The molecule has 1 N–H and O–H groups in total. The Kier molecular flexibility index (Phi) is 2.75. The molecule has 3 atom stereocenters. The topological polar surface area (TPSA) is 37.5 Å². The van der Waals surface area contributed by atoms with Gasteiger partial charge >= 0.3 is 0 Å². The smallest absolute Gasteiger partial charge is 0.0992 e. The quantitative estimate of drug-likeness (QED) is 0.869. The minimum Gasteiger partial charge on any atom is -0.388 e. The summed E-state index contributed by atoms with van der Waals surface area (Å²) in [5.41, 5.74) is 5.21. The molecule has 0 saturated heterocycles. The van der Waals surface area contributed by atoms with Crippen LogP contribution in [0, 0.1) is 11.8 Å². The van der Waals surface area contributed by atoms with E-state index in [0.717, 1.165) is 18.4 Å². The first-order valence-corrected chi connectivity index (χ1v) is 8.61. The zero-order valence-corrected chi connectivity index (χ0v) is 12.8. The molecule has 0 spiro atoms. The lowest BCUT2D eigenvalue weighted by Crippen LogP contribution is -2.30. The first-order chi connectivity index (χ1) is 10.8. The third kappa shape index (κ3) is 1.88. The molecule has 4 aliphatic carbocycles. The summed E-state index contributed by atoms with van der Waals surface area (Å²) in [5, 5.41) is 11.3. The zero-order valence-electron chi connectivity index (χ0n) is 12.8. The van der Waals surface area contributed by atoms with Gasteiger partial charge in [0, 0.05) is 11.8 Å². The molecule has 2 aromatic heterocycles. The van der Waals surface area contributed by atoms with Crippen molar-refractivity contribution in [3.63, 3.8) is 0 Å². The summed E-state index contributed by atoms with van der Waals surface area (Å²) < 4.78 is 2.06. The van der Waals surface area contributed by atoms with Gasteiger partial charge in [0.05, 0.1) is 24.1 Å². The fraction of sp³-hybridized carbons (Fsp3) is 0.526. The minimum atomic E-state index is -0.343. The van der Waals surface area contributed by atoms with Crippen LogP contribution in [0.4, 0.5) is 0 Å². The van der Waals surface area contributed by atoms with E-state index in [0.29, 0.717) is 17.8 Å². The van der Waals surface area contributed by atoms with Crippen LogP contribution >= 0.6 is 0 Å². The van der Waals surface area contributed by atoms with Crippen molar-refractivity contribution < 1.29 is 5.11 Å². The third-order valence-electron chi connectivity index (χ3n) is 6.04. The number of pyridine rings is 1. The maximum Gasteiger partial charge on any atom is 0.0992 e. The van der Waals surface area contributed by atoms with Gasteiger partial charge in [-0.3, -0.25) is 0 Å². The normalized spacial score (nSPS) is 28.9. The summed E-state index contributed by atoms with van der Waals surface area (Å²) in [6, 6.07) is 2.21. The first kappa shape index (κ1) is 12.9. The number of aliphatic hydroxyl groups excluding tert-OH is 1. The molecule has 6 rings (SSSR count). The summed E-state index contributed by atoms with van der Waals surface area (Å²) in [4.78, 5) is 4.30. The van der Waals surface area contributed by atoms with Gasteiger partial charge < -0.3 is 9.51 Å². The van der Waals surface area contributed by atoms with Gasteiger partial charge in [-0.15, -0.1) is 0 Å². The number of fused-ring (bicyclic) bond motifs is 4. The van der Waals surface area contributed by atoms with Crippen molar-refractivity contribution in [3.05, 3.63) is 47.6 Å². The Hall–Kier alpha value is -1.61. The molecular formula is C19H22N2O. The Balaban J connectivity index is 1.61. The molecule has 0 amide bonds. The van der Waals surface area contributed by atoms with E-state index >= 15 is 0 Å². The highest BCUT2D eigenvalue weighted by atomic mass is 16.3. The van der Waals surface area contributed by atoms with E-state index < -0.39 is 0 Å². The van der Waals surface area contributed by atoms with E-state index in [9.17, 15) is 5.11 Å². The molecule has 0 radical (unpaired) electrons. The Morgan fingerprint density at radius 1 is 1.27 bits per heavy atom. The van der Waals surface area contributed by atoms with Crippen molar-refractivity contribution in [2.75, 3.05) is 0 Å². The van der Waals surface area contributed by atoms with E-state index in [-0.39, 0.29) is 6.10 Å². The molecule has 0 aromatic carbocycles. The lowest BCUT2D eigenvalue weighted by Gasteiger charge is -2.40. The SMILES string of the molecule is OC(c1c(C2CC2)ccn2cncc12)C1CC2=CCC1CC2. The van der Waals surface area contributed by atoms with Gasteiger partial charge in [0.15, 0.2) is 0 Å². The number of allylic oxidation sites excluding steroid dienone is 2. The Morgan fingerprint density at radius 3 is 2.86 bits per heavy atom. The van der Waals surface area contributed by atoms with Crippen molar-refractivity contribution in [2.45, 2.75) is 50.5 Å². The highest BCUT2D eigenvalue weighted by molar-refractivity contribution is 5.59. The number of rotatable bonds is 3. The van der Waals surface area contributed by atoms with E-state index in [2.05, 4.69) is 27.7 Å². The van der Waals surface area contributed by atoms with Crippen molar-refractivity contribution in [2.24, 2.45) is 11.8 Å². The lowest BCUT2D eigenvalue weighted by atomic mass is 9.67. The zero-order chi connectivity index (χ0) is 14.7. The number of hydrogen-bond donors (Lipinski definition) is 1. The van der Waals surface area contributed by atoms with Crippen LogP contribution < -0.4 is 0 Å². The van der Waals surface area contributed by atoms with Crippen LogP contribution in [0.1, 0.15) is 61.7 Å². The standard InChI is InChI=1S/C19H22N2O/c22-19(16-9-12-1-3-14(16)4-2-12)18-15(13-5-6-13)7-8-21-11-20-10-17(18)21/h1,7-8,10-11,13-14,16,19,22H,2-6,9H2. The molecule has 3 nitrogen and oxygen atoms in total. The van der Waals surface area contributed by atoms with Gasteiger partial charge in [-0.2, -0.15) is 0 Å². The second-order valence-electron chi connectivity index (χ2n) is 7.35. The molecule has 2 saturated carbocycles. The van der Waals surface area contributed by atoms with Gasteiger partial charge in [0.1, 0.15) is 0 Å². The summed E-state index contributed by atoms with van der Waals surface area (Å²) in [6.45, 7) is 0. The lowest BCUT2D eigenvalue weighted by molar-refractivity contribution is 0.0541. The Labute approximate surface area is 130 Å². The maximum atomic E-state index is 11.3. The molecule has 3 unspecified atom stereocenters. The first-order valence-electron chi connectivity index (χ1n) is 8.61. The predicted molar refractivity (Wildman–Crippen MR) is 85.7 cm³/mol. The summed E-state index contributed by atoms with van der Waals surface area (Å²) in [5.74, 6) is 1.71. The number of imidazole rings is 1. The largest absolute Gasteiger partial charge is 0.388 e. The van der Waals surface area contributed by atoms with Gasteiger partial charge in [0.2, 0.25) is 0 Å². The monoisotopic (exact) mass is 294 g/mol. The van der Waals surface area contributed by atoms with Crippen LogP contribution in [0.15, 0.2) is 36.4 Å². The van der Waals surface area contributed by atoms with Gasteiger partial charge in [-0.1, -0.05) is 11.6 Å². The van der Waals surface area contributed by atoms with Crippen molar-refractivity contribution >= 4 is 5.52 Å². The number of aliphatic hydroxyl groups is 1. The molecule has 114 valence electrons. The highest BCUT2D eigenvalue weighted by Gasteiger charge is 2.39. The van der Waals surface area contributed by atoms with Crippen LogP contribution in [0.5, 0.6) is 0 Å². The average molecular weight is 294 g/mol. The average Bonchev–Trinajstić information content (AvgIpc) is 3.31.